The third-order valence-electron chi connectivity index (χ3n) is 3.95. The lowest BCUT2D eigenvalue weighted by Gasteiger charge is -2.16. The van der Waals surface area contributed by atoms with Crippen LogP contribution in [0.3, 0.4) is 0 Å². The number of hydrogen-bond donors (Lipinski definition) is 1. The molecule has 0 fully saturated rings. The molecule has 1 aromatic heterocycles. The molecular weight excluding hydrogens is 403 g/mol. The Morgan fingerprint density at radius 1 is 1.17 bits per heavy atom. The van der Waals surface area contributed by atoms with Crippen molar-refractivity contribution in [3.63, 3.8) is 0 Å². The zero-order chi connectivity index (χ0) is 21.2. The van der Waals surface area contributed by atoms with Gasteiger partial charge in [0.1, 0.15) is 0 Å². The van der Waals surface area contributed by atoms with Gasteiger partial charge in [-0.1, -0.05) is 55.9 Å². The summed E-state index contributed by atoms with van der Waals surface area (Å²) in [6.07, 6.45) is -4.50. The van der Waals surface area contributed by atoms with Gasteiger partial charge in [0.2, 0.25) is 5.91 Å². The van der Waals surface area contributed by atoms with E-state index in [1.165, 1.54) is 11.8 Å². The quantitative estimate of drug-likeness (QED) is 0.495. The highest BCUT2D eigenvalue weighted by Gasteiger charge is 2.31. The fourth-order valence-corrected chi connectivity index (χ4v) is 3.48. The van der Waals surface area contributed by atoms with Crippen molar-refractivity contribution in [2.24, 2.45) is 0 Å². The van der Waals surface area contributed by atoms with E-state index in [1.54, 1.807) is 24.3 Å². The van der Waals surface area contributed by atoms with Gasteiger partial charge in [-0.2, -0.15) is 17.8 Å². The molecule has 0 saturated carbocycles. The first-order valence-corrected chi connectivity index (χ1v) is 9.67. The van der Waals surface area contributed by atoms with Crippen LogP contribution in [0.1, 0.15) is 25.0 Å². The first kappa shape index (κ1) is 20.9. The van der Waals surface area contributed by atoms with Crippen LogP contribution >= 0.6 is 11.8 Å². The SMILES string of the molecule is CC(C)Sc1nc2cc(C(F)(F)F)ccc2c(=O)n1NC(=O)Cc1ccccc1. The van der Waals surface area contributed by atoms with Crippen LogP contribution in [0.2, 0.25) is 0 Å². The number of nitrogens with one attached hydrogen (secondary N) is 1. The molecule has 0 unspecified atom stereocenters. The highest BCUT2D eigenvalue weighted by molar-refractivity contribution is 7.99. The van der Waals surface area contributed by atoms with E-state index in [-0.39, 0.29) is 27.7 Å². The zero-order valence-electron chi connectivity index (χ0n) is 15.7. The van der Waals surface area contributed by atoms with Crippen molar-refractivity contribution in [1.29, 1.82) is 0 Å². The number of fused-ring (bicyclic) bond motifs is 1. The number of alkyl halides is 3. The average molecular weight is 421 g/mol. The number of benzene rings is 2. The largest absolute Gasteiger partial charge is 0.416 e. The van der Waals surface area contributed by atoms with E-state index in [0.717, 1.165) is 28.4 Å². The Morgan fingerprint density at radius 2 is 1.86 bits per heavy atom. The molecule has 152 valence electrons. The normalized spacial score (nSPS) is 11.8. The molecule has 5 nitrogen and oxygen atoms in total. The van der Waals surface area contributed by atoms with Crippen LogP contribution < -0.4 is 11.0 Å². The topological polar surface area (TPSA) is 64.0 Å². The predicted molar refractivity (Wildman–Crippen MR) is 107 cm³/mol. The van der Waals surface area contributed by atoms with Crippen molar-refractivity contribution in [2.75, 3.05) is 5.43 Å². The summed E-state index contributed by atoms with van der Waals surface area (Å²) < 4.78 is 40.0. The molecule has 0 saturated heterocycles. The van der Waals surface area contributed by atoms with Crippen LogP contribution in [0.25, 0.3) is 10.9 Å². The first-order chi connectivity index (χ1) is 13.6. The van der Waals surface area contributed by atoms with Gasteiger partial charge < -0.3 is 0 Å². The van der Waals surface area contributed by atoms with Gasteiger partial charge in [0.25, 0.3) is 5.56 Å². The minimum atomic E-state index is -4.54. The van der Waals surface area contributed by atoms with E-state index < -0.39 is 23.2 Å². The van der Waals surface area contributed by atoms with Gasteiger partial charge in [0.05, 0.1) is 22.9 Å². The number of halogens is 3. The van der Waals surface area contributed by atoms with Gasteiger partial charge >= 0.3 is 6.18 Å². The van der Waals surface area contributed by atoms with Crippen molar-refractivity contribution >= 4 is 28.6 Å². The molecule has 0 aliphatic heterocycles. The van der Waals surface area contributed by atoms with Crippen LogP contribution in [0.15, 0.2) is 58.5 Å². The highest BCUT2D eigenvalue weighted by Crippen LogP contribution is 2.31. The highest BCUT2D eigenvalue weighted by atomic mass is 32.2. The Morgan fingerprint density at radius 3 is 2.48 bits per heavy atom. The third-order valence-corrected chi connectivity index (χ3v) is 4.91. The van der Waals surface area contributed by atoms with Crippen molar-refractivity contribution in [2.45, 2.75) is 36.9 Å². The van der Waals surface area contributed by atoms with E-state index in [0.29, 0.717) is 0 Å². The van der Waals surface area contributed by atoms with E-state index in [1.807, 2.05) is 19.9 Å². The Balaban J connectivity index is 2.03. The van der Waals surface area contributed by atoms with Crippen molar-refractivity contribution in [3.8, 4) is 0 Å². The molecule has 3 rings (SSSR count). The molecular formula is C20H18F3N3O2S. The Hall–Kier alpha value is -2.81. The molecule has 0 atom stereocenters. The van der Waals surface area contributed by atoms with Crippen LogP contribution in [0, 0.1) is 0 Å². The molecule has 2 aromatic carbocycles. The van der Waals surface area contributed by atoms with Crippen molar-refractivity contribution in [1.82, 2.24) is 9.66 Å². The second kappa shape index (κ2) is 8.28. The smallest absolute Gasteiger partial charge is 0.273 e. The minimum absolute atomic E-state index is 0.00822. The molecule has 0 aliphatic carbocycles. The Kier molecular flexibility index (Phi) is 5.97. The molecule has 0 spiro atoms. The number of aromatic nitrogens is 2. The second-order valence-electron chi connectivity index (χ2n) is 6.63. The summed E-state index contributed by atoms with van der Waals surface area (Å²) in [6.45, 7) is 3.70. The van der Waals surface area contributed by atoms with Crippen LogP contribution in [-0.4, -0.2) is 20.8 Å². The number of nitrogens with zero attached hydrogens (tertiary/aromatic N) is 2. The minimum Gasteiger partial charge on any atom is -0.273 e. The van der Waals surface area contributed by atoms with Gasteiger partial charge in [0.15, 0.2) is 5.16 Å². The summed E-state index contributed by atoms with van der Waals surface area (Å²) >= 11 is 1.17. The van der Waals surface area contributed by atoms with Crippen molar-refractivity contribution in [3.05, 3.63) is 70.0 Å². The summed E-state index contributed by atoms with van der Waals surface area (Å²) in [5.41, 5.74) is 1.71. The summed E-state index contributed by atoms with van der Waals surface area (Å²) in [6, 6.07) is 11.7. The Bertz CT molecular complexity index is 1100. The number of thioether (sulfide) groups is 1. The molecule has 29 heavy (non-hydrogen) atoms. The summed E-state index contributed by atoms with van der Waals surface area (Å²) in [5.74, 6) is -0.433. The van der Waals surface area contributed by atoms with Gasteiger partial charge in [0, 0.05) is 5.25 Å². The average Bonchev–Trinajstić information content (AvgIpc) is 2.64. The van der Waals surface area contributed by atoms with Crippen LogP contribution in [0.5, 0.6) is 0 Å². The van der Waals surface area contributed by atoms with Gasteiger partial charge in [-0.3, -0.25) is 15.0 Å². The number of carbonyl (C=O) groups excluding carboxylic acids is 1. The Labute approximate surface area is 168 Å². The maximum Gasteiger partial charge on any atom is 0.416 e. The van der Waals surface area contributed by atoms with Crippen LogP contribution in [0.4, 0.5) is 13.2 Å². The molecule has 1 amide bonds. The predicted octanol–water partition coefficient (Wildman–Crippen LogP) is 4.23. The molecule has 3 aromatic rings. The fraction of sp³-hybridized carbons (Fsp3) is 0.250. The standard InChI is InChI=1S/C20H18F3N3O2S/c1-12(2)29-19-24-16-11-14(20(21,22)23)8-9-15(16)18(28)26(19)25-17(27)10-13-6-4-3-5-7-13/h3-9,11-12H,10H2,1-2H3,(H,25,27). The lowest BCUT2D eigenvalue weighted by Crippen LogP contribution is -2.36. The molecule has 0 radical (unpaired) electrons. The molecule has 1 heterocycles. The van der Waals surface area contributed by atoms with Gasteiger partial charge in [-0.15, -0.1) is 0 Å². The summed E-state index contributed by atoms with van der Waals surface area (Å²) in [7, 11) is 0. The van der Waals surface area contributed by atoms with Gasteiger partial charge in [-0.05, 0) is 23.8 Å². The van der Waals surface area contributed by atoms with Crippen LogP contribution in [-0.2, 0) is 17.4 Å². The zero-order valence-corrected chi connectivity index (χ0v) is 16.5. The fourth-order valence-electron chi connectivity index (χ4n) is 2.68. The number of rotatable bonds is 5. The van der Waals surface area contributed by atoms with E-state index in [4.69, 9.17) is 0 Å². The first-order valence-electron chi connectivity index (χ1n) is 8.79. The second-order valence-corrected chi connectivity index (χ2v) is 8.17. The van der Waals surface area contributed by atoms with Crippen molar-refractivity contribution < 1.29 is 18.0 Å². The molecule has 1 N–H and O–H groups in total. The van der Waals surface area contributed by atoms with E-state index >= 15 is 0 Å². The molecule has 0 aliphatic rings. The number of amides is 1. The lowest BCUT2D eigenvalue weighted by atomic mass is 10.1. The maximum absolute atomic E-state index is 13.0. The summed E-state index contributed by atoms with van der Waals surface area (Å²) in [4.78, 5) is 29.6. The maximum atomic E-state index is 13.0. The lowest BCUT2D eigenvalue weighted by molar-refractivity contribution is -0.137. The number of hydrogen-bond acceptors (Lipinski definition) is 4. The number of carbonyl (C=O) groups is 1. The van der Waals surface area contributed by atoms with Gasteiger partial charge in [-0.25, -0.2) is 4.98 Å². The third kappa shape index (κ3) is 4.97. The molecule has 9 heteroatoms. The molecule has 0 bridgehead atoms. The summed E-state index contributed by atoms with van der Waals surface area (Å²) in [5, 5.41) is 0.103. The monoisotopic (exact) mass is 421 g/mol. The van der Waals surface area contributed by atoms with E-state index in [9.17, 15) is 22.8 Å². The van der Waals surface area contributed by atoms with E-state index in [2.05, 4.69) is 10.4 Å².